The largest absolute Gasteiger partial charge is 0.355 e. The molecule has 7 aromatic rings. The molecule has 226 valence electrons. The van der Waals surface area contributed by atoms with E-state index < -0.39 is 0 Å². The maximum atomic E-state index is 4.45. The van der Waals surface area contributed by atoms with Gasteiger partial charge in [-0.05, 0) is 122 Å². The Morgan fingerprint density at radius 1 is 0.617 bits per heavy atom. The predicted octanol–water partition coefficient (Wildman–Crippen LogP) is 13.2. The van der Waals surface area contributed by atoms with Gasteiger partial charge in [-0.25, -0.2) is 0 Å². The molecule has 1 heteroatoms. The second kappa shape index (κ2) is 12.8. The Balaban J connectivity index is 1.33. The molecule has 0 aromatic heterocycles. The number of allylic oxidation sites excluding steroid dienone is 5. The topological polar surface area (TPSA) is 12.0 Å². The molecule has 7 rings (SSSR count). The fraction of sp³-hybridized carbons (Fsp3) is 0.0435. The van der Waals surface area contributed by atoms with Crippen molar-refractivity contribution >= 4 is 60.9 Å². The normalized spacial score (nSPS) is 11.8. The Bertz CT molecular complexity index is 2370. The van der Waals surface area contributed by atoms with Gasteiger partial charge < -0.3 is 5.32 Å². The van der Waals surface area contributed by atoms with Crippen molar-refractivity contribution in [3.8, 4) is 11.1 Å². The lowest BCUT2D eigenvalue weighted by Crippen LogP contribution is -1.94. The van der Waals surface area contributed by atoms with Gasteiger partial charge in [0.25, 0.3) is 0 Å². The van der Waals surface area contributed by atoms with Crippen LogP contribution >= 0.6 is 0 Å². The second-order valence-corrected chi connectivity index (χ2v) is 11.9. The van der Waals surface area contributed by atoms with Crippen LogP contribution in [-0.4, -0.2) is 0 Å². The Morgan fingerprint density at radius 3 is 2.00 bits per heavy atom. The summed E-state index contributed by atoms with van der Waals surface area (Å²) in [5.41, 5.74) is 11.3. The Kier molecular flexibility index (Phi) is 8.13. The number of rotatable bonds is 8. The van der Waals surface area contributed by atoms with Crippen LogP contribution in [-0.2, 0) is 0 Å². The highest BCUT2D eigenvalue weighted by Crippen LogP contribution is 2.41. The van der Waals surface area contributed by atoms with Gasteiger partial charge in [0, 0.05) is 16.9 Å². The van der Waals surface area contributed by atoms with Gasteiger partial charge in [-0.3, -0.25) is 0 Å². The zero-order chi connectivity index (χ0) is 32.3. The first-order valence-corrected chi connectivity index (χ1v) is 16.1. The van der Waals surface area contributed by atoms with E-state index in [-0.39, 0.29) is 0 Å². The Hall–Kier alpha value is -5.92. The number of aryl methyl sites for hydroxylation is 1. The third kappa shape index (κ3) is 5.69. The van der Waals surface area contributed by atoms with E-state index in [4.69, 9.17) is 0 Å². The SMILES string of the molecule is C=C/C(=C\C)c1cc2c3ccccc3c(-c3ccc(C)c(/C=C\C(=C)c4ccccc4Nc4ccccc4)c3)cc2c2ccccc12. The number of hydrogen-bond donors (Lipinski definition) is 1. The third-order valence-corrected chi connectivity index (χ3v) is 9.10. The summed E-state index contributed by atoms with van der Waals surface area (Å²) >= 11 is 0. The average molecular weight is 604 g/mol. The van der Waals surface area contributed by atoms with E-state index in [1.165, 1.54) is 60.1 Å². The maximum absolute atomic E-state index is 4.45. The van der Waals surface area contributed by atoms with E-state index >= 15 is 0 Å². The standard InChI is InChI=1S/C46H37N/c1-5-33(6-2)42-29-44-41-22-13-11-20-39(41)43(30-45(44)40-21-12-10-19-38(40)42)35-27-24-31(3)34(28-35)26-25-32(4)37-18-14-15-23-46(37)47-36-16-8-7-9-17-36/h5-30,47H,1,4H2,2-3H3/b26-25-,33-6+. The highest BCUT2D eigenvalue weighted by atomic mass is 14.9. The summed E-state index contributed by atoms with van der Waals surface area (Å²) in [4.78, 5) is 0. The fourth-order valence-corrected chi connectivity index (χ4v) is 6.63. The van der Waals surface area contributed by atoms with Gasteiger partial charge in [0.05, 0.1) is 0 Å². The monoisotopic (exact) mass is 603 g/mol. The van der Waals surface area contributed by atoms with Crippen LogP contribution in [0.1, 0.15) is 29.2 Å². The minimum Gasteiger partial charge on any atom is -0.355 e. The first kappa shape index (κ1) is 29.8. The van der Waals surface area contributed by atoms with Gasteiger partial charge in [-0.1, -0.05) is 135 Å². The number of nitrogens with one attached hydrogen (secondary N) is 1. The van der Waals surface area contributed by atoms with Crippen LogP contribution in [0.25, 0.3) is 60.7 Å². The fourth-order valence-electron chi connectivity index (χ4n) is 6.63. The summed E-state index contributed by atoms with van der Waals surface area (Å²) in [6.45, 7) is 12.8. The van der Waals surface area contributed by atoms with Crippen molar-refractivity contribution in [1.29, 1.82) is 0 Å². The molecule has 0 amide bonds. The zero-order valence-corrected chi connectivity index (χ0v) is 26.9. The van der Waals surface area contributed by atoms with Crippen molar-refractivity contribution in [1.82, 2.24) is 0 Å². The molecular weight excluding hydrogens is 567 g/mol. The molecule has 0 fully saturated rings. The van der Waals surface area contributed by atoms with Gasteiger partial charge in [0.1, 0.15) is 0 Å². The summed E-state index contributed by atoms with van der Waals surface area (Å²) in [5.74, 6) is 0. The van der Waals surface area contributed by atoms with Crippen LogP contribution < -0.4 is 5.32 Å². The van der Waals surface area contributed by atoms with Gasteiger partial charge in [-0.15, -0.1) is 0 Å². The molecular formula is C46H37N. The van der Waals surface area contributed by atoms with Crippen LogP contribution in [0.15, 0.2) is 165 Å². The van der Waals surface area contributed by atoms with E-state index in [1.54, 1.807) is 0 Å². The molecule has 0 aliphatic heterocycles. The summed E-state index contributed by atoms with van der Waals surface area (Å²) in [6, 6.07) is 47.6. The second-order valence-electron chi connectivity index (χ2n) is 11.9. The first-order valence-electron chi connectivity index (χ1n) is 16.1. The van der Waals surface area contributed by atoms with E-state index in [0.29, 0.717) is 0 Å². The van der Waals surface area contributed by atoms with Crippen LogP contribution in [0.3, 0.4) is 0 Å². The molecule has 0 aliphatic rings. The van der Waals surface area contributed by atoms with Gasteiger partial charge in [0.2, 0.25) is 0 Å². The first-order chi connectivity index (χ1) is 23.1. The molecule has 0 heterocycles. The Morgan fingerprint density at radius 2 is 1.26 bits per heavy atom. The summed E-state index contributed by atoms with van der Waals surface area (Å²) in [6.07, 6.45) is 8.42. The molecule has 0 saturated carbocycles. The number of para-hydroxylation sites is 2. The van der Waals surface area contributed by atoms with E-state index in [2.05, 4.69) is 166 Å². The smallest absolute Gasteiger partial charge is 0.0463 e. The molecule has 0 aliphatic carbocycles. The van der Waals surface area contributed by atoms with Crippen LogP contribution in [0.5, 0.6) is 0 Å². The quantitative estimate of drug-likeness (QED) is 0.135. The molecule has 0 unspecified atom stereocenters. The lowest BCUT2D eigenvalue weighted by Gasteiger charge is -2.17. The molecule has 1 nitrogen and oxygen atoms in total. The van der Waals surface area contributed by atoms with Gasteiger partial charge in [0.15, 0.2) is 0 Å². The average Bonchev–Trinajstić information content (AvgIpc) is 3.12. The van der Waals surface area contributed by atoms with Crippen LogP contribution in [0.2, 0.25) is 0 Å². The summed E-state index contributed by atoms with van der Waals surface area (Å²) < 4.78 is 0. The maximum Gasteiger partial charge on any atom is 0.0463 e. The molecule has 0 spiro atoms. The molecule has 7 aromatic carbocycles. The minimum atomic E-state index is 0.951. The summed E-state index contributed by atoms with van der Waals surface area (Å²) in [5, 5.41) is 11.0. The molecule has 1 N–H and O–H groups in total. The van der Waals surface area contributed by atoms with Crippen molar-refractivity contribution in [2.24, 2.45) is 0 Å². The lowest BCUT2D eigenvalue weighted by atomic mass is 9.87. The molecule has 0 saturated heterocycles. The van der Waals surface area contributed by atoms with E-state index in [9.17, 15) is 0 Å². The molecule has 0 atom stereocenters. The van der Waals surface area contributed by atoms with Crippen molar-refractivity contribution in [2.45, 2.75) is 13.8 Å². The van der Waals surface area contributed by atoms with Crippen LogP contribution in [0.4, 0.5) is 11.4 Å². The minimum absolute atomic E-state index is 0.951. The van der Waals surface area contributed by atoms with Crippen molar-refractivity contribution in [3.05, 3.63) is 187 Å². The number of benzene rings is 7. The molecule has 0 bridgehead atoms. The van der Waals surface area contributed by atoms with E-state index in [1.807, 2.05) is 24.3 Å². The number of fused-ring (bicyclic) bond motifs is 5. The number of hydrogen-bond acceptors (Lipinski definition) is 1. The molecule has 47 heavy (non-hydrogen) atoms. The molecule has 0 radical (unpaired) electrons. The van der Waals surface area contributed by atoms with Gasteiger partial charge >= 0.3 is 0 Å². The third-order valence-electron chi connectivity index (χ3n) is 9.10. The van der Waals surface area contributed by atoms with Crippen molar-refractivity contribution in [3.63, 3.8) is 0 Å². The Labute approximate surface area is 277 Å². The highest BCUT2D eigenvalue weighted by Gasteiger charge is 2.15. The number of anilines is 2. The predicted molar refractivity (Wildman–Crippen MR) is 207 cm³/mol. The van der Waals surface area contributed by atoms with Gasteiger partial charge in [-0.2, -0.15) is 0 Å². The highest BCUT2D eigenvalue weighted by molar-refractivity contribution is 6.23. The van der Waals surface area contributed by atoms with Crippen molar-refractivity contribution in [2.75, 3.05) is 5.32 Å². The lowest BCUT2D eigenvalue weighted by molar-refractivity contribution is 1.44. The van der Waals surface area contributed by atoms with Crippen LogP contribution in [0, 0.1) is 6.92 Å². The van der Waals surface area contributed by atoms with Crippen molar-refractivity contribution < 1.29 is 0 Å². The summed E-state index contributed by atoms with van der Waals surface area (Å²) in [7, 11) is 0. The van der Waals surface area contributed by atoms with E-state index in [0.717, 1.165) is 28.1 Å². The zero-order valence-electron chi connectivity index (χ0n) is 26.9.